The number of nitrogens with one attached hydrogen (secondary N) is 1. The molecule has 1 heterocycles. The highest BCUT2D eigenvalue weighted by Crippen LogP contribution is 2.12. The van der Waals surface area contributed by atoms with Gasteiger partial charge in [0.2, 0.25) is 5.91 Å². The molecule has 0 unspecified atom stereocenters. The molecule has 0 aromatic heterocycles. The Balaban J connectivity index is 2.30. The van der Waals surface area contributed by atoms with Crippen LogP contribution in [-0.4, -0.2) is 53.9 Å². The van der Waals surface area contributed by atoms with E-state index >= 15 is 0 Å². The summed E-state index contributed by atoms with van der Waals surface area (Å²) in [6, 6.07) is 0.966. The zero-order valence-corrected chi connectivity index (χ0v) is 10.5. The van der Waals surface area contributed by atoms with Crippen LogP contribution in [0.5, 0.6) is 0 Å². The van der Waals surface area contributed by atoms with Crippen LogP contribution in [0.4, 0.5) is 0 Å². The van der Waals surface area contributed by atoms with E-state index in [-0.39, 0.29) is 18.1 Å². The fraction of sp³-hybridized carbons (Fsp3) is 0.571. The number of thioether (sulfide) groups is 1. The average Bonchev–Trinajstić information content (AvgIpc) is 2.26. The number of carbonyl (C=O) groups excluding carboxylic acids is 2. The van der Waals surface area contributed by atoms with E-state index in [9.17, 15) is 18.0 Å². The Labute approximate surface area is 107 Å². The van der Waals surface area contributed by atoms with Crippen LogP contribution in [0.25, 0.3) is 0 Å². The van der Waals surface area contributed by atoms with Crippen LogP contribution < -0.4 is 5.32 Å². The first-order valence-corrected chi connectivity index (χ1v) is 7.08. The highest BCUT2D eigenvalue weighted by molar-refractivity contribution is 8.00. The SMILES string of the molecule is N#CCSCC(=O)N[C@H]1CN(OS(=O)(=O)O)C1=O. The molecule has 2 N–H and O–H groups in total. The third-order valence-electron chi connectivity index (χ3n) is 1.81. The maximum Gasteiger partial charge on any atom is 0.418 e. The van der Waals surface area contributed by atoms with Crippen LogP contribution in [0, 0.1) is 11.3 Å². The molecule has 0 aromatic carbocycles. The minimum atomic E-state index is -4.73. The third-order valence-corrected chi connectivity index (χ3v) is 2.98. The third kappa shape index (κ3) is 4.49. The molecular formula is C7H9N3O6S2. The molecule has 1 aliphatic rings. The molecule has 1 fully saturated rings. The molecule has 0 bridgehead atoms. The van der Waals surface area contributed by atoms with Gasteiger partial charge in [0.1, 0.15) is 6.04 Å². The molecule has 1 aliphatic heterocycles. The zero-order valence-electron chi connectivity index (χ0n) is 8.90. The molecule has 0 spiro atoms. The largest absolute Gasteiger partial charge is 0.418 e. The monoisotopic (exact) mass is 295 g/mol. The van der Waals surface area contributed by atoms with Gasteiger partial charge in [0.05, 0.1) is 24.1 Å². The van der Waals surface area contributed by atoms with Crippen molar-refractivity contribution in [3.05, 3.63) is 0 Å². The lowest BCUT2D eigenvalue weighted by molar-refractivity contribution is -0.181. The molecule has 100 valence electrons. The van der Waals surface area contributed by atoms with Crippen LogP contribution in [0.15, 0.2) is 0 Å². The fourth-order valence-electron chi connectivity index (χ4n) is 1.11. The van der Waals surface area contributed by atoms with Crippen LogP contribution >= 0.6 is 11.8 Å². The molecule has 11 heteroatoms. The predicted molar refractivity (Wildman–Crippen MR) is 59.2 cm³/mol. The highest BCUT2D eigenvalue weighted by atomic mass is 32.3. The maximum atomic E-state index is 11.3. The Morgan fingerprint density at radius 2 is 2.39 bits per heavy atom. The number of carbonyl (C=O) groups is 2. The number of nitrogens with zero attached hydrogens (tertiary/aromatic N) is 2. The van der Waals surface area contributed by atoms with Crippen LogP contribution in [-0.2, 0) is 24.3 Å². The number of hydroxylamine groups is 2. The lowest BCUT2D eigenvalue weighted by atomic mass is 10.1. The summed E-state index contributed by atoms with van der Waals surface area (Å²) in [5.74, 6) is -1.04. The summed E-state index contributed by atoms with van der Waals surface area (Å²) >= 11 is 1.08. The van der Waals surface area contributed by atoms with E-state index in [1.54, 1.807) is 0 Å². The molecular weight excluding hydrogens is 286 g/mol. The number of amides is 2. The number of hydrogen-bond donors (Lipinski definition) is 2. The van der Waals surface area contributed by atoms with E-state index in [0.29, 0.717) is 5.06 Å². The van der Waals surface area contributed by atoms with Gasteiger partial charge in [0.25, 0.3) is 5.91 Å². The summed E-state index contributed by atoms with van der Waals surface area (Å²) < 4.78 is 32.8. The van der Waals surface area contributed by atoms with Crippen molar-refractivity contribution in [3.8, 4) is 6.07 Å². The van der Waals surface area contributed by atoms with Gasteiger partial charge in [-0.15, -0.1) is 16.0 Å². The van der Waals surface area contributed by atoms with Crippen LogP contribution in [0.1, 0.15) is 0 Å². The molecule has 1 rings (SSSR count). The van der Waals surface area contributed by atoms with Crippen molar-refractivity contribution in [1.29, 1.82) is 5.26 Å². The first-order chi connectivity index (χ1) is 8.33. The van der Waals surface area contributed by atoms with Crippen molar-refractivity contribution in [2.75, 3.05) is 18.1 Å². The Kier molecular flexibility index (Phi) is 4.91. The number of β-lactam (4-membered cyclic amide) rings is 1. The van der Waals surface area contributed by atoms with Gasteiger partial charge < -0.3 is 5.32 Å². The molecule has 2 amide bonds. The second-order valence-corrected chi connectivity index (χ2v) is 5.16. The summed E-state index contributed by atoms with van der Waals surface area (Å²) in [6.45, 7) is -0.173. The summed E-state index contributed by atoms with van der Waals surface area (Å²) in [5, 5.41) is 11.0. The summed E-state index contributed by atoms with van der Waals surface area (Å²) in [7, 11) is -4.73. The normalized spacial score (nSPS) is 19.0. The minimum absolute atomic E-state index is 0.0243. The lowest BCUT2D eigenvalue weighted by Crippen LogP contribution is -2.64. The minimum Gasteiger partial charge on any atom is -0.342 e. The molecule has 18 heavy (non-hydrogen) atoms. The molecule has 0 saturated carbocycles. The highest BCUT2D eigenvalue weighted by Gasteiger charge is 2.41. The Bertz CT molecular complexity index is 484. The van der Waals surface area contributed by atoms with Crippen molar-refractivity contribution in [2.24, 2.45) is 0 Å². The summed E-state index contributed by atoms with van der Waals surface area (Å²) in [5.41, 5.74) is 0. The van der Waals surface area contributed by atoms with Crippen molar-refractivity contribution in [2.45, 2.75) is 6.04 Å². The van der Waals surface area contributed by atoms with Gasteiger partial charge in [-0.3, -0.25) is 14.1 Å². The van der Waals surface area contributed by atoms with Gasteiger partial charge in [0, 0.05) is 0 Å². The second-order valence-electron chi connectivity index (χ2n) is 3.17. The van der Waals surface area contributed by atoms with Crippen molar-refractivity contribution in [1.82, 2.24) is 10.4 Å². The van der Waals surface area contributed by atoms with Gasteiger partial charge in [-0.2, -0.15) is 18.7 Å². The molecule has 0 aliphatic carbocycles. The fourth-order valence-corrected chi connectivity index (χ4v) is 1.93. The lowest BCUT2D eigenvalue weighted by Gasteiger charge is -2.35. The van der Waals surface area contributed by atoms with E-state index in [1.165, 1.54) is 0 Å². The van der Waals surface area contributed by atoms with Gasteiger partial charge in [-0.05, 0) is 0 Å². The Hall–Kier alpha value is -1.35. The summed E-state index contributed by atoms with van der Waals surface area (Å²) in [6.07, 6.45) is 0. The van der Waals surface area contributed by atoms with E-state index in [0.717, 1.165) is 11.8 Å². The quantitative estimate of drug-likeness (QED) is 0.336. The van der Waals surface area contributed by atoms with Gasteiger partial charge in [0.15, 0.2) is 0 Å². The first kappa shape index (κ1) is 14.7. The predicted octanol–water partition coefficient (Wildman–Crippen LogP) is -1.70. The molecule has 1 atom stereocenters. The van der Waals surface area contributed by atoms with Crippen molar-refractivity contribution in [3.63, 3.8) is 0 Å². The van der Waals surface area contributed by atoms with Gasteiger partial charge in [-0.1, -0.05) is 0 Å². The van der Waals surface area contributed by atoms with E-state index in [1.807, 2.05) is 6.07 Å². The topological polar surface area (TPSA) is 137 Å². The first-order valence-electron chi connectivity index (χ1n) is 4.56. The van der Waals surface area contributed by atoms with Crippen LogP contribution in [0.3, 0.4) is 0 Å². The van der Waals surface area contributed by atoms with E-state index in [4.69, 9.17) is 9.81 Å². The van der Waals surface area contributed by atoms with Gasteiger partial charge in [-0.25, -0.2) is 0 Å². The van der Waals surface area contributed by atoms with Crippen LogP contribution in [0.2, 0.25) is 0 Å². The smallest absolute Gasteiger partial charge is 0.342 e. The second kappa shape index (κ2) is 6.01. The van der Waals surface area contributed by atoms with Crippen molar-refractivity contribution >= 4 is 34.0 Å². The molecule has 1 saturated heterocycles. The molecule has 0 aromatic rings. The van der Waals surface area contributed by atoms with Gasteiger partial charge >= 0.3 is 10.4 Å². The molecule has 0 radical (unpaired) electrons. The standard InChI is InChI=1S/C7H9N3O6S2/c8-1-2-17-4-6(11)9-5-3-10(7(5)12)16-18(13,14)15/h5H,2-4H2,(H,9,11)(H,13,14,15)/t5-/m0/s1. The Morgan fingerprint density at radius 3 is 2.89 bits per heavy atom. The van der Waals surface area contributed by atoms with E-state index in [2.05, 4.69) is 9.60 Å². The number of hydrogen-bond acceptors (Lipinski definition) is 7. The Morgan fingerprint density at radius 1 is 1.72 bits per heavy atom. The average molecular weight is 295 g/mol. The number of rotatable bonds is 6. The number of nitriles is 1. The zero-order chi connectivity index (χ0) is 13.8. The summed E-state index contributed by atoms with van der Waals surface area (Å²) in [4.78, 5) is 22.5. The maximum absolute atomic E-state index is 11.3. The molecule has 9 nitrogen and oxygen atoms in total. The van der Waals surface area contributed by atoms with E-state index < -0.39 is 28.3 Å². The van der Waals surface area contributed by atoms with Crippen molar-refractivity contribution < 1.29 is 26.8 Å².